The molecule has 1 aliphatic carbocycles. The number of benzene rings is 1. The van der Waals surface area contributed by atoms with Gasteiger partial charge in [-0.05, 0) is 43.9 Å². The van der Waals surface area contributed by atoms with Crippen molar-refractivity contribution >= 4 is 11.6 Å². The second kappa shape index (κ2) is 5.95. The van der Waals surface area contributed by atoms with Crippen molar-refractivity contribution in [3.63, 3.8) is 0 Å². The molecular weight excluding hydrogens is 281 g/mol. The molecule has 0 spiro atoms. The van der Waals surface area contributed by atoms with Gasteiger partial charge in [-0.3, -0.25) is 4.79 Å². The summed E-state index contributed by atoms with van der Waals surface area (Å²) in [6.07, 6.45) is -2.30. The van der Waals surface area contributed by atoms with E-state index in [1.54, 1.807) is 4.90 Å². The van der Waals surface area contributed by atoms with E-state index in [0.29, 0.717) is 19.0 Å². The molecule has 1 aromatic carbocycles. The van der Waals surface area contributed by atoms with Gasteiger partial charge in [-0.25, -0.2) is 0 Å². The summed E-state index contributed by atoms with van der Waals surface area (Å²) in [6, 6.07) is 3.68. The third kappa shape index (κ3) is 3.68. The molecule has 116 valence electrons. The molecule has 1 aromatic rings. The predicted molar refractivity (Wildman–Crippen MR) is 75.3 cm³/mol. The summed E-state index contributed by atoms with van der Waals surface area (Å²) >= 11 is 0. The SMILES string of the molecule is CCN(CC1CC1)C(=O)c1ccc(NC)c(C(F)(F)F)c1. The molecule has 0 aliphatic heterocycles. The zero-order valence-corrected chi connectivity index (χ0v) is 12.1. The van der Waals surface area contributed by atoms with Crippen molar-refractivity contribution in [3.05, 3.63) is 29.3 Å². The van der Waals surface area contributed by atoms with E-state index in [2.05, 4.69) is 5.32 Å². The maximum atomic E-state index is 13.0. The van der Waals surface area contributed by atoms with Gasteiger partial charge in [-0.1, -0.05) is 0 Å². The minimum atomic E-state index is -4.48. The van der Waals surface area contributed by atoms with E-state index in [1.165, 1.54) is 19.2 Å². The first kappa shape index (κ1) is 15.7. The molecule has 6 heteroatoms. The van der Waals surface area contributed by atoms with Crippen molar-refractivity contribution < 1.29 is 18.0 Å². The van der Waals surface area contributed by atoms with Crippen molar-refractivity contribution in [2.45, 2.75) is 25.9 Å². The van der Waals surface area contributed by atoms with Crippen molar-refractivity contribution in [3.8, 4) is 0 Å². The van der Waals surface area contributed by atoms with Crippen LogP contribution in [0.5, 0.6) is 0 Å². The number of halogens is 3. The van der Waals surface area contributed by atoms with Gasteiger partial charge in [0.15, 0.2) is 0 Å². The summed E-state index contributed by atoms with van der Waals surface area (Å²) in [5.41, 5.74) is -0.744. The first-order valence-corrected chi connectivity index (χ1v) is 7.05. The second-order valence-electron chi connectivity index (χ2n) is 5.30. The Morgan fingerprint density at radius 2 is 2.05 bits per heavy atom. The van der Waals surface area contributed by atoms with Crippen molar-refractivity contribution in [1.82, 2.24) is 4.90 Å². The molecule has 3 nitrogen and oxygen atoms in total. The minimum absolute atomic E-state index is 0.0238. The van der Waals surface area contributed by atoms with Crippen LogP contribution in [0, 0.1) is 5.92 Å². The lowest BCUT2D eigenvalue weighted by Gasteiger charge is -2.22. The van der Waals surface area contributed by atoms with E-state index in [4.69, 9.17) is 0 Å². The van der Waals surface area contributed by atoms with Crippen LogP contribution in [-0.2, 0) is 6.18 Å². The second-order valence-corrected chi connectivity index (χ2v) is 5.30. The van der Waals surface area contributed by atoms with Crippen molar-refractivity contribution in [1.29, 1.82) is 0 Å². The maximum Gasteiger partial charge on any atom is 0.418 e. The molecule has 21 heavy (non-hydrogen) atoms. The van der Waals surface area contributed by atoms with Crippen molar-refractivity contribution in [2.75, 3.05) is 25.5 Å². The number of hydrogen-bond acceptors (Lipinski definition) is 2. The maximum absolute atomic E-state index is 13.0. The van der Waals surface area contributed by atoms with Crippen LogP contribution >= 0.6 is 0 Å². The quantitative estimate of drug-likeness (QED) is 0.901. The number of carbonyl (C=O) groups excluding carboxylic acids is 1. The molecule has 1 aliphatic rings. The fourth-order valence-corrected chi connectivity index (χ4v) is 2.28. The Bertz CT molecular complexity index is 524. The zero-order chi connectivity index (χ0) is 15.6. The highest BCUT2D eigenvalue weighted by Crippen LogP contribution is 2.36. The Kier molecular flexibility index (Phi) is 4.44. The van der Waals surface area contributed by atoms with Crippen LogP contribution in [0.25, 0.3) is 0 Å². The summed E-state index contributed by atoms with van der Waals surface area (Å²) in [4.78, 5) is 14.0. The predicted octanol–water partition coefficient (Wildman–Crippen LogP) is 3.62. The highest BCUT2D eigenvalue weighted by Gasteiger charge is 2.34. The normalized spacial score (nSPS) is 14.9. The highest BCUT2D eigenvalue weighted by molar-refractivity contribution is 5.95. The molecule has 0 radical (unpaired) electrons. The lowest BCUT2D eigenvalue weighted by molar-refractivity contribution is -0.136. The molecule has 1 amide bonds. The first-order chi connectivity index (χ1) is 9.86. The minimum Gasteiger partial charge on any atom is -0.388 e. The monoisotopic (exact) mass is 300 g/mol. The molecule has 0 saturated heterocycles. The largest absolute Gasteiger partial charge is 0.418 e. The molecule has 1 saturated carbocycles. The fourth-order valence-electron chi connectivity index (χ4n) is 2.28. The van der Waals surface area contributed by atoms with Crippen LogP contribution in [0.1, 0.15) is 35.7 Å². The summed E-state index contributed by atoms with van der Waals surface area (Å²) in [5.74, 6) is 0.171. The van der Waals surface area contributed by atoms with Crippen LogP contribution < -0.4 is 5.32 Å². The standard InChI is InChI=1S/C15H19F3N2O/c1-3-20(9-10-4-5-10)14(21)11-6-7-13(19-2)12(8-11)15(16,17)18/h6-8,10,19H,3-5,9H2,1-2H3. The molecule has 0 atom stereocenters. The van der Waals surface area contributed by atoms with Crippen LogP contribution in [0.2, 0.25) is 0 Å². The molecule has 0 aromatic heterocycles. The molecular formula is C15H19F3N2O. The topological polar surface area (TPSA) is 32.3 Å². The van der Waals surface area contributed by atoms with E-state index >= 15 is 0 Å². The Labute approximate surface area is 122 Å². The number of nitrogens with zero attached hydrogens (tertiary/aromatic N) is 1. The van der Waals surface area contributed by atoms with E-state index in [1.807, 2.05) is 6.92 Å². The van der Waals surface area contributed by atoms with Gasteiger partial charge in [0, 0.05) is 31.4 Å². The van der Waals surface area contributed by atoms with Gasteiger partial charge in [0.2, 0.25) is 0 Å². The molecule has 1 N–H and O–H groups in total. The van der Waals surface area contributed by atoms with E-state index in [-0.39, 0.29) is 17.2 Å². The van der Waals surface area contributed by atoms with Gasteiger partial charge < -0.3 is 10.2 Å². The number of nitrogens with one attached hydrogen (secondary N) is 1. The summed E-state index contributed by atoms with van der Waals surface area (Å²) < 4.78 is 39.1. The number of hydrogen-bond donors (Lipinski definition) is 1. The van der Waals surface area contributed by atoms with Crippen LogP contribution in [-0.4, -0.2) is 30.9 Å². The number of carbonyl (C=O) groups is 1. The van der Waals surface area contributed by atoms with Gasteiger partial charge in [-0.2, -0.15) is 13.2 Å². The molecule has 0 bridgehead atoms. The molecule has 0 unspecified atom stereocenters. The molecule has 0 heterocycles. The number of alkyl halides is 3. The van der Waals surface area contributed by atoms with E-state index in [0.717, 1.165) is 18.9 Å². The van der Waals surface area contributed by atoms with Gasteiger partial charge in [-0.15, -0.1) is 0 Å². The average molecular weight is 300 g/mol. The third-order valence-corrected chi connectivity index (χ3v) is 3.69. The number of anilines is 1. The molecule has 1 fully saturated rings. The van der Waals surface area contributed by atoms with Gasteiger partial charge in [0.1, 0.15) is 0 Å². The smallest absolute Gasteiger partial charge is 0.388 e. The van der Waals surface area contributed by atoms with Gasteiger partial charge in [0.25, 0.3) is 5.91 Å². The van der Waals surface area contributed by atoms with Crippen molar-refractivity contribution in [2.24, 2.45) is 5.92 Å². The van der Waals surface area contributed by atoms with Gasteiger partial charge in [0.05, 0.1) is 5.56 Å². The van der Waals surface area contributed by atoms with E-state index < -0.39 is 11.7 Å². The Balaban J connectivity index is 2.28. The fraction of sp³-hybridized carbons (Fsp3) is 0.533. The third-order valence-electron chi connectivity index (χ3n) is 3.69. The summed E-state index contributed by atoms with van der Waals surface area (Å²) in [6.45, 7) is 2.97. The Morgan fingerprint density at radius 1 is 1.38 bits per heavy atom. The highest BCUT2D eigenvalue weighted by atomic mass is 19.4. The Morgan fingerprint density at radius 3 is 2.52 bits per heavy atom. The van der Waals surface area contributed by atoms with Crippen LogP contribution in [0.15, 0.2) is 18.2 Å². The number of amides is 1. The summed E-state index contributed by atoms with van der Waals surface area (Å²) in [5, 5.41) is 2.51. The Hall–Kier alpha value is -1.72. The van der Waals surface area contributed by atoms with Crippen LogP contribution in [0.3, 0.4) is 0 Å². The molecule has 2 rings (SSSR count). The lowest BCUT2D eigenvalue weighted by atomic mass is 10.1. The number of rotatable bonds is 5. The summed E-state index contributed by atoms with van der Waals surface area (Å²) in [7, 11) is 1.43. The zero-order valence-electron chi connectivity index (χ0n) is 12.1. The lowest BCUT2D eigenvalue weighted by Crippen LogP contribution is -2.32. The first-order valence-electron chi connectivity index (χ1n) is 7.05. The van der Waals surface area contributed by atoms with E-state index in [9.17, 15) is 18.0 Å². The van der Waals surface area contributed by atoms with Crippen LogP contribution in [0.4, 0.5) is 18.9 Å². The average Bonchev–Trinajstić information content (AvgIpc) is 3.26. The van der Waals surface area contributed by atoms with Gasteiger partial charge >= 0.3 is 6.18 Å².